The molecule has 0 aromatic rings. The van der Waals surface area contributed by atoms with Gasteiger partial charge in [-0.1, -0.05) is 13.8 Å². The van der Waals surface area contributed by atoms with Crippen molar-refractivity contribution in [1.29, 1.82) is 0 Å². The molecule has 0 aliphatic rings. The Kier molecular flexibility index (Phi) is 11.7. The van der Waals surface area contributed by atoms with Crippen molar-refractivity contribution < 1.29 is 8.42 Å². The Labute approximate surface area is 153 Å². The lowest BCUT2D eigenvalue weighted by molar-refractivity contribution is 0.241. The summed E-state index contributed by atoms with van der Waals surface area (Å²) in [5, 5.41) is 6.53. The van der Waals surface area contributed by atoms with Crippen molar-refractivity contribution in [2.75, 3.05) is 46.2 Å². The highest BCUT2D eigenvalue weighted by molar-refractivity contribution is 14.0. The molecule has 0 bridgehead atoms. The number of halogens is 1. The van der Waals surface area contributed by atoms with Crippen LogP contribution in [0.2, 0.25) is 0 Å². The van der Waals surface area contributed by atoms with Gasteiger partial charge in [-0.2, -0.15) is 0 Å². The number of sulfone groups is 1. The number of guanidine groups is 1. The maximum atomic E-state index is 11.2. The number of aliphatic imine (C=N–C) groups is 1. The zero-order chi connectivity index (χ0) is 16.7. The molecule has 0 saturated heterocycles. The average molecular weight is 448 g/mol. The third-order valence-corrected chi connectivity index (χ3v) is 3.98. The maximum absolute atomic E-state index is 11.2. The fraction of sp³-hybridized carbons (Fsp3) is 0.929. The Morgan fingerprint density at radius 3 is 2.27 bits per heavy atom. The van der Waals surface area contributed by atoms with Crippen molar-refractivity contribution in [1.82, 2.24) is 15.5 Å². The second kappa shape index (κ2) is 10.6. The van der Waals surface area contributed by atoms with Crippen molar-refractivity contribution in [3.05, 3.63) is 0 Å². The highest BCUT2D eigenvalue weighted by atomic mass is 127. The molecule has 0 fully saturated rings. The van der Waals surface area contributed by atoms with E-state index in [2.05, 4.69) is 48.5 Å². The molecule has 22 heavy (non-hydrogen) atoms. The summed E-state index contributed by atoms with van der Waals surface area (Å²) in [6.45, 7) is 8.12. The van der Waals surface area contributed by atoms with Gasteiger partial charge < -0.3 is 15.5 Å². The van der Waals surface area contributed by atoms with E-state index in [0.717, 1.165) is 13.1 Å². The van der Waals surface area contributed by atoms with E-state index < -0.39 is 9.84 Å². The molecule has 0 amide bonds. The minimum absolute atomic E-state index is 0. The smallest absolute Gasteiger partial charge is 0.191 e. The first-order chi connectivity index (χ1) is 9.45. The van der Waals surface area contributed by atoms with Crippen molar-refractivity contribution in [2.24, 2.45) is 10.4 Å². The average Bonchev–Trinajstić information content (AvgIpc) is 2.29. The fourth-order valence-corrected chi connectivity index (χ4v) is 2.91. The van der Waals surface area contributed by atoms with Crippen LogP contribution in [-0.2, 0) is 9.84 Å². The van der Waals surface area contributed by atoms with Crippen molar-refractivity contribution in [3.63, 3.8) is 0 Å². The zero-order valence-electron chi connectivity index (χ0n) is 14.9. The normalized spacial score (nSPS) is 14.5. The lowest BCUT2D eigenvalue weighted by atomic mass is 9.93. The van der Waals surface area contributed by atoms with Crippen LogP contribution >= 0.6 is 24.0 Å². The van der Waals surface area contributed by atoms with Gasteiger partial charge in [0.25, 0.3) is 0 Å². The molecule has 1 atom stereocenters. The number of nitrogens with zero attached hydrogens (tertiary/aromatic N) is 2. The Balaban J connectivity index is 0. The van der Waals surface area contributed by atoms with Gasteiger partial charge in [0.1, 0.15) is 9.84 Å². The molecule has 134 valence electrons. The molecule has 0 heterocycles. The van der Waals surface area contributed by atoms with E-state index in [1.54, 1.807) is 7.05 Å². The number of nitrogens with one attached hydrogen (secondary N) is 2. The van der Waals surface area contributed by atoms with Crippen LogP contribution in [0.1, 0.15) is 27.2 Å². The summed E-state index contributed by atoms with van der Waals surface area (Å²) in [5.41, 5.74) is 0.122. The summed E-state index contributed by atoms with van der Waals surface area (Å²) >= 11 is 0. The van der Waals surface area contributed by atoms with Crippen LogP contribution in [-0.4, -0.2) is 71.6 Å². The first-order valence-electron chi connectivity index (χ1n) is 7.25. The number of hydrogen-bond acceptors (Lipinski definition) is 4. The Morgan fingerprint density at radius 1 is 1.32 bits per heavy atom. The van der Waals surface area contributed by atoms with E-state index in [1.165, 1.54) is 6.26 Å². The maximum Gasteiger partial charge on any atom is 0.191 e. The molecule has 0 aliphatic carbocycles. The topological polar surface area (TPSA) is 73.8 Å². The van der Waals surface area contributed by atoms with Crippen LogP contribution in [0.5, 0.6) is 0 Å². The van der Waals surface area contributed by atoms with Gasteiger partial charge >= 0.3 is 0 Å². The molecule has 1 unspecified atom stereocenters. The fourth-order valence-electron chi connectivity index (χ4n) is 2.13. The molecule has 6 nitrogen and oxygen atoms in total. The van der Waals surface area contributed by atoms with Gasteiger partial charge in [0.2, 0.25) is 0 Å². The Bertz CT molecular complexity index is 436. The number of rotatable bonds is 8. The molecule has 0 aliphatic heterocycles. The summed E-state index contributed by atoms with van der Waals surface area (Å²) in [7, 11) is 2.92. The molecule has 0 radical (unpaired) electrons. The van der Waals surface area contributed by atoms with Gasteiger partial charge in [-0.15, -0.1) is 24.0 Å². The van der Waals surface area contributed by atoms with Crippen molar-refractivity contribution in [3.8, 4) is 0 Å². The molecular weight excluding hydrogens is 415 g/mol. The summed E-state index contributed by atoms with van der Waals surface area (Å²) in [5.74, 6) is 0.896. The predicted octanol–water partition coefficient (Wildman–Crippen LogP) is 1.18. The summed E-state index contributed by atoms with van der Waals surface area (Å²) in [4.78, 5) is 6.35. The van der Waals surface area contributed by atoms with Gasteiger partial charge in [-0.25, -0.2) is 8.42 Å². The third kappa shape index (κ3) is 13.6. The second-order valence-corrected chi connectivity index (χ2v) is 9.05. The van der Waals surface area contributed by atoms with E-state index in [4.69, 9.17) is 0 Å². The van der Waals surface area contributed by atoms with E-state index in [0.29, 0.717) is 12.4 Å². The quantitative estimate of drug-likeness (QED) is 0.332. The minimum atomic E-state index is -2.92. The predicted molar refractivity (Wildman–Crippen MR) is 106 cm³/mol. The highest BCUT2D eigenvalue weighted by Crippen LogP contribution is 2.13. The first-order valence-corrected chi connectivity index (χ1v) is 9.31. The van der Waals surface area contributed by atoms with E-state index in [9.17, 15) is 8.42 Å². The minimum Gasteiger partial charge on any atom is -0.356 e. The van der Waals surface area contributed by atoms with Crippen LogP contribution < -0.4 is 10.6 Å². The van der Waals surface area contributed by atoms with Gasteiger partial charge in [0, 0.05) is 32.4 Å². The lowest BCUT2D eigenvalue weighted by Crippen LogP contribution is -2.47. The summed E-state index contributed by atoms with van der Waals surface area (Å²) in [6.07, 6.45) is 1.83. The van der Waals surface area contributed by atoms with Crippen molar-refractivity contribution >= 4 is 39.8 Å². The SMILES string of the molecule is CN=C(NCC(C)(C)CN(C)C)NC(C)CCS(C)(=O)=O.I. The van der Waals surface area contributed by atoms with E-state index in [-0.39, 0.29) is 41.2 Å². The highest BCUT2D eigenvalue weighted by Gasteiger charge is 2.19. The van der Waals surface area contributed by atoms with E-state index >= 15 is 0 Å². The third-order valence-electron chi connectivity index (χ3n) is 3.01. The Morgan fingerprint density at radius 2 is 1.86 bits per heavy atom. The van der Waals surface area contributed by atoms with Crippen LogP contribution in [0.3, 0.4) is 0 Å². The van der Waals surface area contributed by atoms with Gasteiger partial charge in [0.05, 0.1) is 5.75 Å². The molecule has 0 rings (SSSR count). The van der Waals surface area contributed by atoms with Crippen LogP contribution in [0.25, 0.3) is 0 Å². The molecule has 0 aromatic carbocycles. The second-order valence-electron chi connectivity index (χ2n) is 6.79. The van der Waals surface area contributed by atoms with E-state index in [1.807, 2.05) is 6.92 Å². The number of hydrogen-bond donors (Lipinski definition) is 2. The molecule has 0 saturated carbocycles. The summed E-state index contributed by atoms with van der Waals surface area (Å²) in [6, 6.07) is 0.0582. The van der Waals surface area contributed by atoms with Gasteiger partial charge in [-0.05, 0) is 32.9 Å². The lowest BCUT2D eigenvalue weighted by Gasteiger charge is -2.29. The molecular formula is C14H33IN4O2S. The van der Waals surface area contributed by atoms with Gasteiger partial charge in [-0.3, -0.25) is 4.99 Å². The first kappa shape index (κ1) is 24.2. The zero-order valence-corrected chi connectivity index (χ0v) is 18.1. The Hall–Kier alpha value is -0.0900. The molecule has 2 N–H and O–H groups in total. The molecule has 8 heteroatoms. The van der Waals surface area contributed by atoms with Crippen LogP contribution in [0, 0.1) is 5.41 Å². The monoisotopic (exact) mass is 448 g/mol. The van der Waals surface area contributed by atoms with Crippen molar-refractivity contribution in [2.45, 2.75) is 33.2 Å². The summed E-state index contributed by atoms with van der Waals surface area (Å²) < 4.78 is 22.3. The standard InChI is InChI=1S/C14H32N4O2S.HI/c1-12(8-9-21(7,19)20)17-13(15-4)16-10-14(2,3)11-18(5)6;/h12H,8-11H2,1-7H3,(H2,15,16,17);1H. The molecule has 0 aromatic heterocycles. The van der Waals surface area contributed by atoms with Crippen LogP contribution in [0.4, 0.5) is 0 Å². The van der Waals surface area contributed by atoms with Gasteiger partial charge in [0.15, 0.2) is 5.96 Å². The van der Waals surface area contributed by atoms with Crippen LogP contribution in [0.15, 0.2) is 4.99 Å². The largest absolute Gasteiger partial charge is 0.356 e. The molecule has 0 spiro atoms.